The van der Waals surface area contributed by atoms with Gasteiger partial charge in [0.05, 0.1) is 12.6 Å². The Labute approximate surface area is 173 Å². The van der Waals surface area contributed by atoms with E-state index < -0.39 is 6.03 Å². The maximum atomic E-state index is 12.1. The van der Waals surface area contributed by atoms with Gasteiger partial charge in [0, 0.05) is 11.7 Å². The Balaban J connectivity index is 1.67. The molecule has 0 bridgehead atoms. The molecule has 0 heterocycles. The van der Waals surface area contributed by atoms with Crippen LogP contribution in [0.3, 0.4) is 0 Å². The molecule has 0 aliphatic rings. The Morgan fingerprint density at radius 1 is 1.03 bits per heavy atom. The summed E-state index contributed by atoms with van der Waals surface area (Å²) in [6.45, 7) is 7.84. The maximum Gasteiger partial charge on any atom is 0.319 e. The summed E-state index contributed by atoms with van der Waals surface area (Å²) in [6, 6.07) is 15.1. The average Bonchev–Trinajstić information content (AvgIpc) is 2.65. The Kier molecular flexibility index (Phi) is 8.52. The minimum atomic E-state index is -0.401. The third kappa shape index (κ3) is 8.68. The van der Waals surface area contributed by atoms with Crippen LogP contribution in [0.5, 0.6) is 5.75 Å². The first-order valence-electron chi connectivity index (χ1n) is 9.98. The van der Waals surface area contributed by atoms with Gasteiger partial charge in [0.1, 0.15) is 5.75 Å². The number of carbonyl (C=O) groups is 2. The lowest BCUT2D eigenvalue weighted by Crippen LogP contribution is -2.42. The van der Waals surface area contributed by atoms with Crippen molar-refractivity contribution in [3.63, 3.8) is 0 Å². The lowest BCUT2D eigenvalue weighted by Gasteiger charge is -2.15. The minimum absolute atomic E-state index is 0.00993. The highest BCUT2D eigenvalue weighted by molar-refractivity contribution is 5.92. The van der Waals surface area contributed by atoms with E-state index >= 15 is 0 Å². The molecule has 3 amide bonds. The van der Waals surface area contributed by atoms with Crippen LogP contribution < -0.4 is 20.7 Å². The lowest BCUT2D eigenvalue weighted by atomic mass is 10.1. The van der Waals surface area contributed by atoms with Gasteiger partial charge in [-0.15, -0.1) is 0 Å². The molecule has 3 N–H and O–H groups in total. The molecule has 156 valence electrons. The van der Waals surface area contributed by atoms with E-state index in [-0.39, 0.29) is 24.6 Å². The molecule has 0 fully saturated rings. The topological polar surface area (TPSA) is 79.5 Å². The number of anilines is 1. The Hall–Kier alpha value is -3.02. The quantitative estimate of drug-likeness (QED) is 0.597. The fraction of sp³-hybridized carbons (Fsp3) is 0.391. The number of hydrogen-bond acceptors (Lipinski definition) is 3. The molecule has 2 aromatic rings. The summed E-state index contributed by atoms with van der Waals surface area (Å²) in [5, 5.41) is 8.20. The van der Waals surface area contributed by atoms with Crippen LogP contribution >= 0.6 is 0 Å². The predicted molar refractivity (Wildman–Crippen MR) is 116 cm³/mol. The summed E-state index contributed by atoms with van der Waals surface area (Å²) in [5.74, 6) is 0.651. The van der Waals surface area contributed by atoms with E-state index in [4.69, 9.17) is 4.74 Å². The Morgan fingerprint density at radius 3 is 2.41 bits per heavy atom. The predicted octanol–water partition coefficient (Wildman–Crippen LogP) is 4.04. The van der Waals surface area contributed by atoms with Crippen molar-refractivity contribution in [1.82, 2.24) is 10.6 Å². The van der Waals surface area contributed by atoms with Crippen molar-refractivity contribution in [3.8, 4) is 5.75 Å². The Bertz CT molecular complexity index is 803. The summed E-state index contributed by atoms with van der Waals surface area (Å²) in [6.07, 6.45) is 1.82. The van der Waals surface area contributed by atoms with Crippen molar-refractivity contribution in [2.24, 2.45) is 0 Å². The number of ether oxygens (including phenoxy) is 1. The fourth-order valence-electron chi connectivity index (χ4n) is 2.85. The number of rotatable bonds is 9. The van der Waals surface area contributed by atoms with Crippen LogP contribution in [0.4, 0.5) is 10.5 Å². The number of amides is 3. The standard InChI is InChI=1S/C23H31N3O3/c1-16(2)29-21-12-10-19(11-13-21)9-8-18(4)25-22(27)15-24-23(28)26-20-7-5-6-17(3)14-20/h5-7,10-14,16,18H,8-9,15H2,1-4H3,(H,25,27)(H2,24,26,28). The van der Waals surface area contributed by atoms with Gasteiger partial charge in [-0.25, -0.2) is 4.79 Å². The molecular formula is C23H31N3O3. The zero-order valence-corrected chi connectivity index (χ0v) is 17.6. The summed E-state index contributed by atoms with van der Waals surface area (Å²) in [7, 11) is 0. The van der Waals surface area contributed by atoms with E-state index in [2.05, 4.69) is 16.0 Å². The van der Waals surface area contributed by atoms with Crippen molar-refractivity contribution in [3.05, 3.63) is 59.7 Å². The van der Waals surface area contributed by atoms with E-state index in [1.165, 1.54) is 5.56 Å². The zero-order chi connectivity index (χ0) is 21.2. The molecule has 0 spiro atoms. The van der Waals surface area contributed by atoms with Crippen molar-refractivity contribution < 1.29 is 14.3 Å². The first kappa shape index (κ1) is 22.3. The third-order valence-corrected chi connectivity index (χ3v) is 4.25. The molecule has 1 unspecified atom stereocenters. The second-order valence-electron chi connectivity index (χ2n) is 7.49. The van der Waals surface area contributed by atoms with Crippen molar-refractivity contribution in [1.29, 1.82) is 0 Å². The zero-order valence-electron chi connectivity index (χ0n) is 17.6. The normalized spacial score (nSPS) is 11.6. The van der Waals surface area contributed by atoms with Gasteiger partial charge >= 0.3 is 6.03 Å². The number of benzene rings is 2. The van der Waals surface area contributed by atoms with Gasteiger partial charge < -0.3 is 20.7 Å². The number of hydrogen-bond donors (Lipinski definition) is 3. The molecule has 0 radical (unpaired) electrons. The Morgan fingerprint density at radius 2 is 1.76 bits per heavy atom. The van der Waals surface area contributed by atoms with Crippen LogP contribution in [0.25, 0.3) is 0 Å². The van der Waals surface area contributed by atoms with Gasteiger partial charge in [0.2, 0.25) is 5.91 Å². The molecule has 6 heteroatoms. The highest BCUT2D eigenvalue weighted by Crippen LogP contribution is 2.15. The molecule has 0 aromatic heterocycles. The van der Waals surface area contributed by atoms with Gasteiger partial charge in [0.15, 0.2) is 0 Å². The molecule has 2 aromatic carbocycles. The monoisotopic (exact) mass is 397 g/mol. The molecule has 0 aliphatic carbocycles. The van der Waals surface area contributed by atoms with Crippen LogP contribution in [0.2, 0.25) is 0 Å². The van der Waals surface area contributed by atoms with Gasteiger partial charge in [-0.2, -0.15) is 0 Å². The lowest BCUT2D eigenvalue weighted by molar-refractivity contribution is -0.120. The van der Waals surface area contributed by atoms with Crippen LogP contribution in [0, 0.1) is 6.92 Å². The van der Waals surface area contributed by atoms with Crippen molar-refractivity contribution in [2.45, 2.75) is 52.7 Å². The number of urea groups is 1. The second-order valence-corrected chi connectivity index (χ2v) is 7.49. The third-order valence-electron chi connectivity index (χ3n) is 4.25. The smallest absolute Gasteiger partial charge is 0.319 e. The largest absolute Gasteiger partial charge is 0.491 e. The van der Waals surface area contributed by atoms with Crippen LogP contribution in [0.1, 0.15) is 38.3 Å². The van der Waals surface area contributed by atoms with E-state index in [1.807, 2.05) is 70.2 Å². The summed E-state index contributed by atoms with van der Waals surface area (Å²) in [5.41, 5.74) is 2.94. The fourth-order valence-corrected chi connectivity index (χ4v) is 2.85. The molecule has 0 saturated carbocycles. The highest BCUT2D eigenvalue weighted by atomic mass is 16.5. The molecule has 0 saturated heterocycles. The van der Waals surface area contributed by atoms with Crippen molar-refractivity contribution in [2.75, 3.05) is 11.9 Å². The molecule has 6 nitrogen and oxygen atoms in total. The first-order valence-corrected chi connectivity index (χ1v) is 9.98. The van der Waals surface area contributed by atoms with E-state index in [1.54, 1.807) is 6.07 Å². The van der Waals surface area contributed by atoms with Crippen LogP contribution in [0.15, 0.2) is 48.5 Å². The second kappa shape index (κ2) is 11.1. The van der Waals surface area contributed by atoms with Crippen molar-refractivity contribution >= 4 is 17.6 Å². The summed E-state index contributed by atoms with van der Waals surface area (Å²) in [4.78, 5) is 24.0. The van der Waals surface area contributed by atoms with Gasteiger partial charge in [-0.05, 0) is 75.9 Å². The SMILES string of the molecule is Cc1cccc(NC(=O)NCC(=O)NC(C)CCc2ccc(OC(C)C)cc2)c1. The minimum Gasteiger partial charge on any atom is -0.491 e. The van der Waals surface area contributed by atoms with Gasteiger partial charge in [-0.3, -0.25) is 4.79 Å². The molecule has 1 atom stereocenters. The maximum absolute atomic E-state index is 12.1. The number of aryl methyl sites for hydroxylation is 2. The number of nitrogens with one attached hydrogen (secondary N) is 3. The molecule has 0 aliphatic heterocycles. The van der Waals surface area contributed by atoms with E-state index in [0.717, 1.165) is 24.2 Å². The van der Waals surface area contributed by atoms with E-state index in [9.17, 15) is 9.59 Å². The van der Waals surface area contributed by atoms with Crippen LogP contribution in [-0.4, -0.2) is 30.6 Å². The molecular weight excluding hydrogens is 366 g/mol. The average molecular weight is 398 g/mol. The van der Waals surface area contributed by atoms with Crippen LogP contribution in [-0.2, 0) is 11.2 Å². The van der Waals surface area contributed by atoms with Gasteiger partial charge in [-0.1, -0.05) is 24.3 Å². The van der Waals surface area contributed by atoms with Gasteiger partial charge in [0.25, 0.3) is 0 Å². The summed E-state index contributed by atoms with van der Waals surface area (Å²) >= 11 is 0. The highest BCUT2D eigenvalue weighted by Gasteiger charge is 2.10. The first-order chi connectivity index (χ1) is 13.8. The molecule has 29 heavy (non-hydrogen) atoms. The van der Waals surface area contributed by atoms with E-state index in [0.29, 0.717) is 5.69 Å². The number of carbonyl (C=O) groups excluding carboxylic acids is 2. The molecule has 2 rings (SSSR count). The summed E-state index contributed by atoms with van der Waals surface area (Å²) < 4.78 is 5.64.